The highest BCUT2D eigenvalue weighted by atomic mass is 19.1. The smallest absolute Gasteiger partial charge is 0.315 e. The molecule has 1 aromatic carbocycles. The number of amides is 2. The van der Waals surface area contributed by atoms with Crippen LogP contribution in [0.3, 0.4) is 0 Å². The molecule has 1 fully saturated rings. The Kier molecular flexibility index (Phi) is 8.02. The molecule has 162 valence electrons. The first kappa shape index (κ1) is 22.0. The fourth-order valence-electron chi connectivity index (χ4n) is 3.71. The zero-order valence-electron chi connectivity index (χ0n) is 17.7. The molecule has 0 radical (unpaired) electrons. The van der Waals surface area contributed by atoms with E-state index in [9.17, 15) is 9.18 Å². The summed E-state index contributed by atoms with van der Waals surface area (Å²) in [4.78, 5) is 18.6. The van der Waals surface area contributed by atoms with Crippen LogP contribution in [-0.4, -0.2) is 41.6 Å². The van der Waals surface area contributed by atoms with Crippen LogP contribution in [0.15, 0.2) is 42.7 Å². The number of pyridine rings is 1. The lowest BCUT2D eigenvalue weighted by molar-refractivity contribution is 0.159. The second-order valence-corrected chi connectivity index (χ2v) is 7.84. The van der Waals surface area contributed by atoms with Gasteiger partial charge >= 0.3 is 6.03 Å². The van der Waals surface area contributed by atoms with Gasteiger partial charge in [0.05, 0.1) is 12.2 Å². The third kappa shape index (κ3) is 6.42. The molecule has 2 N–H and O–H groups in total. The van der Waals surface area contributed by atoms with Crippen molar-refractivity contribution in [2.75, 3.05) is 19.6 Å². The fourth-order valence-corrected chi connectivity index (χ4v) is 3.71. The maximum atomic E-state index is 14.4. The first-order valence-electron chi connectivity index (χ1n) is 10.7. The van der Waals surface area contributed by atoms with Crippen molar-refractivity contribution < 1.29 is 13.9 Å². The largest absolute Gasteiger partial charge is 0.453 e. The highest BCUT2D eigenvalue weighted by Gasteiger charge is 2.17. The molecule has 1 aromatic heterocycles. The van der Waals surface area contributed by atoms with Crippen molar-refractivity contribution in [1.29, 1.82) is 0 Å². The van der Waals surface area contributed by atoms with Crippen molar-refractivity contribution >= 4 is 6.03 Å². The second kappa shape index (κ2) is 10.9. The highest BCUT2D eigenvalue weighted by Crippen LogP contribution is 2.26. The Hall–Kier alpha value is -2.67. The van der Waals surface area contributed by atoms with Crippen molar-refractivity contribution in [3.63, 3.8) is 0 Å². The van der Waals surface area contributed by atoms with E-state index in [0.29, 0.717) is 23.9 Å². The third-order valence-corrected chi connectivity index (χ3v) is 5.51. The van der Waals surface area contributed by atoms with Crippen LogP contribution < -0.4 is 15.4 Å². The van der Waals surface area contributed by atoms with Crippen molar-refractivity contribution in [3.8, 4) is 11.5 Å². The van der Waals surface area contributed by atoms with Gasteiger partial charge < -0.3 is 20.3 Å². The van der Waals surface area contributed by atoms with E-state index in [1.165, 1.54) is 31.5 Å². The number of hydrogen-bond donors (Lipinski definition) is 2. The number of carbonyl (C=O) groups excluding carboxylic acids is 1. The predicted molar refractivity (Wildman–Crippen MR) is 115 cm³/mol. The number of piperidine rings is 1. The second-order valence-electron chi connectivity index (χ2n) is 7.84. The first-order chi connectivity index (χ1) is 14.5. The first-order valence-corrected chi connectivity index (χ1v) is 10.7. The molecule has 2 aromatic rings. The van der Waals surface area contributed by atoms with E-state index in [-0.39, 0.29) is 17.8 Å². The lowest BCUT2D eigenvalue weighted by Crippen LogP contribution is -2.41. The number of carbonyl (C=O) groups is 1. The summed E-state index contributed by atoms with van der Waals surface area (Å²) in [7, 11) is 0. The summed E-state index contributed by atoms with van der Waals surface area (Å²) in [5, 5.41) is 5.75. The van der Waals surface area contributed by atoms with Gasteiger partial charge in [-0.1, -0.05) is 12.5 Å². The van der Waals surface area contributed by atoms with Crippen molar-refractivity contribution in [3.05, 3.63) is 54.1 Å². The van der Waals surface area contributed by atoms with Crippen LogP contribution in [0.5, 0.6) is 11.5 Å². The Morgan fingerprint density at radius 1 is 1.37 bits per heavy atom. The third-order valence-electron chi connectivity index (χ3n) is 5.51. The monoisotopic (exact) mass is 414 g/mol. The number of urea groups is 1. The van der Waals surface area contributed by atoms with Gasteiger partial charge in [0.1, 0.15) is 5.75 Å². The molecule has 1 saturated heterocycles. The molecule has 2 heterocycles. The minimum Gasteiger partial charge on any atom is -0.453 e. The van der Waals surface area contributed by atoms with E-state index in [2.05, 4.69) is 27.4 Å². The maximum absolute atomic E-state index is 14.4. The lowest BCUT2D eigenvalue weighted by atomic mass is 10.0. The zero-order chi connectivity index (χ0) is 21.3. The number of aromatic nitrogens is 1. The molecule has 2 atom stereocenters. The van der Waals surface area contributed by atoms with E-state index >= 15 is 0 Å². The van der Waals surface area contributed by atoms with Gasteiger partial charge in [-0.25, -0.2) is 9.18 Å². The Balaban J connectivity index is 1.42. The molecular formula is C23H31FN4O2. The Labute approximate surface area is 177 Å². The molecule has 7 heteroatoms. The molecular weight excluding hydrogens is 383 g/mol. The summed E-state index contributed by atoms with van der Waals surface area (Å²) in [5.74, 6) is 0.102. The van der Waals surface area contributed by atoms with Crippen LogP contribution in [0.2, 0.25) is 0 Å². The minimum atomic E-state index is -0.485. The van der Waals surface area contributed by atoms with Crippen molar-refractivity contribution in [2.24, 2.45) is 0 Å². The van der Waals surface area contributed by atoms with Crippen molar-refractivity contribution in [1.82, 2.24) is 20.5 Å². The zero-order valence-corrected chi connectivity index (χ0v) is 17.7. The van der Waals surface area contributed by atoms with Gasteiger partial charge in [-0.2, -0.15) is 0 Å². The van der Waals surface area contributed by atoms with Crippen LogP contribution in [0.4, 0.5) is 9.18 Å². The SMILES string of the molecule is CC(NC(=O)NCCCN1CCCCC1C)c1ccc(Oc2cccnc2)c(F)c1. The number of benzene rings is 1. The maximum Gasteiger partial charge on any atom is 0.315 e. The number of nitrogens with zero attached hydrogens (tertiary/aromatic N) is 2. The Morgan fingerprint density at radius 3 is 2.97 bits per heavy atom. The molecule has 0 bridgehead atoms. The van der Waals surface area contributed by atoms with Gasteiger partial charge in [0, 0.05) is 25.3 Å². The minimum absolute atomic E-state index is 0.121. The molecule has 6 nitrogen and oxygen atoms in total. The average molecular weight is 415 g/mol. The summed E-state index contributed by atoms with van der Waals surface area (Å²) in [5.41, 5.74) is 0.670. The highest BCUT2D eigenvalue weighted by molar-refractivity contribution is 5.74. The predicted octanol–water partition coefficient (Wildman–Crippen LogP) is 4.64. The summed E-state index contributed by atoms with van der Waals surface area (Å²) < 4.78 is 19.9. The molecule has 30 heavy (non-hydrogen) atoms. The van der Waals surface area contributed by atoms with Crippen LogP contribution in [-0.2, 0) is 0 Å². The number of likely N-dealkylation sites (tertiary alicyclic amines) is 1. The summed E-state index contributed by atoms with van der Waals surface area (Å²) >= 11 is 0. The fraction of sp³-hybridized carbons (Fsp3) is 0.478. The summed E-state index contributed by atoms with van der Waals surface area (Å²) in [6, 6.07) is 8.19. The number of halogens is 1. The summed E-state index contributed by atoms with van der Waals surface area (Å²) in [6.07, 6.45) is 7.90. The van der Waals surface area contributed by atoms with E-state index in [0.717, 1.165) is 19.5 Å². The van der Waals surface area contributed by atoms with Gasteiger partial charge in [-0.3, -0.25) is 4.98 Å². The van der Waals surface area contributed by atoms with Gasteiger partial charge in [-0.05, 0) is 69.5 Å². The van der Waals surface area contributed by atoms with Crippen molar-refractivity contribution in [2.45, 2.75) is 51.6 Å². The normalized spacial score (nSPS) is 17.9. The van der Waals surface area contributed by atoms with Gasteiger partial charge in [-0.15, -0.1) is 0 Å². The van der Waals surface area contributed by atoms with Crippen LogP contribution in [0.1, 0.15) is 51.1 Å². The Morgan fingerprint density at radius 2 is 2.23 bits per heavy atom. The molecule has 2 amide bonds. The molecule has 3 rings (SSSR count). The molecule has 0 saturated carbocycles. The topological polar surface area (TPSA) is 66.5 Å². The summed E-state index contributed by atoms with van der Waals surface area (Å²) in [6.45, 7) is 6.86. The molecule has 1 aliphatic heterocycles. The lowest BCUT2D eigenvalue weighted by Gasteiger charge is -2.33. The number of nitrogens with one attached hydrogen (secondary N) is 2. The molecule has 0 aliphatic carbocycles. The number of hydrogen-bond acceptors (Lipinski definition) is 4. The molecule has 2 unspecified atom stereocenters. The number of rotatable bonds is 8. The van der Waals surface area contributed by atoms with E-state index in [1.54, 1.807) is 30.5 Å². The van der Waals surface area contributed by atoms with Crippen LogP contribution in [0, 0.1) is 5.82 Å². The van der Waals surface area contributed by atoms with Crippen LogP contribution in [0.25, 0.3) is 0 Å². The average Bonchev–Trinajstić information content (AvgIpc) is 2.74. The Bertz CT molecular complexity index is 818. The number of ether oxygens (including phenoxy) is 1. The van der Waals surface area contributed by atoms with E-state index in [4.69, 9.17) is 4.74 Å². The van der Waals surface area contributed by atoms with Crippen LogP contribution >= 0.6 is 0 Å². The molecule has 0 spiro atoms. The molecule has 1 aliphatic rings. The van der Waals surface area contributed by atoms with Gasteiger partial charge in [0.25, 0.3) is 0 Å². The van der Waals surface area contributed by atoms with E-state index < -0.39 is 5.82 Å². The van der Waals surface area contributed by atoms with E-state index in [1.807, 2.05) is 6.92 Å². The standard InChI is InChI=1S/C23H31FN4O2/c1-17-7-3-4-13-28(17)14-6-12-26-23(29)27-18(2)19-9-10-22(21(24)15-19)30-20-8-5-11-25-16-20/h5,8-11,15-18H,3-4,6-7,12-14H2,1-2H3,(H2,26,27,29). The quantitative estimate of drug-likeness (QED) is 0.618. The van der Waals surface area contributed by atoms with Gasteiger partial charge in [0.15, 0.2) is 11.6 Å². The van der Waals surface area contributed by atoms with Gasteiger partial charge in [0.2, 0.25) is 0 Å².